The fourth-order valence-corrected chi connectivity index (χ4v) is 3.72. The van der Waals surface area contributed by atoms with E-state index in [1.165, 1.54) is 11.3 Å². The molecular formula is C20H17N3O2S. The number of carbonyl (C=O) groups is 1. The number of para-hydroxylation sites is 2. The lowest BCUT2D eigenvalue weighted by Gasteiger charge is -2.12. The highest BCUT2D eigenvalue weighted by Gasteiger charge is 2.20. The number of aromatic nitrogens is 2. The Balaban J connectivity index is 1.77. The first kappa shape index (κ1) is 16.4. The van der Waals surface area contributed by atoms with Crippen LogP contribution in [0.5, 0.6) is 5.75 Å². The Morgan fingerprint density at radius 1 is 1.19 bits per heavy atom. The van der Waals surface area contributed by atoms with Gasteiger partial charge in [0.1, 0.15) is 23.5 Å². The van der Waals surface area contributed by atoms with Crippen molar-refractivity contribution in [2.45, 2.75) is 13.5 Å². The van der Waals surface area contributed by atoms with Gasteiger partial charge in [-0.05, 0) is 30.2 Å². The third kappa shape index (κ3) is 2.84. The second kappa shape index (κ2) is 6.65. The molecule has 0 fully saturated rings. The summed E-state index contributed by atoms with van der Waals surface area (Å²) in [6.45, 7) is 2.40. The SMILES string of the molecule is Cc1ccccc1COc1c(-n2cnc3ccccc32)csc1C(N)=O. The van der Waals surface area contributed by atoms with Crippen LogP contribution < -0.4 is 10.5 Å². The number of benzene rings is 2. The summed E-state index contributed by atoms with van der Waals surface area (Å²) >= 11 is 1.28. The Bertz CT molecular complexity index is 1100. The standard InChI is InChI=1S/C20H17N3O2S/c1-13-6-2-3-7-14(13)10-25-18-17(11-26-19(18)20(21)24)23-12-22-15-8-4-5-9-16(15)23/h2-9,11-12H,10H2,1H3,(H2,21,24). The van der Waals surface area contributed by atoms with E-state index in [0.29, 0.717) is 17.2 Å². The van der Waals surface area contributed by atoms with E-state index in [-0.39, 0.29) is 0 Å². The number of thiophene rings is 1. The second-order valence-electron chi connectivity index (χ2n) is 5.96. The molecule has 2 N–H and O–H groups in total. The number of carbonyl (C=O) groups excluding carboxylic acids is 1. The van der Waals surface area contributed by atoms with Crippen molar-refractivity contribution in [2.75, 3.05) is 0 Å². The molecule has 0 saturated carbocycles. The maximum atomic E-state index is 11.9. The number of amides is 1. The number of aryl methyl sites for hydroxylation is 1. The van der Waals surface area contributed by atoms with Crippen molar-refractivity contribution in [3.63, 3.8) is 0 Å². The fourth-order valence-electron chi connectivity index (χ4n) is 2.89. The van der Waals surface area contributed by atoms with Crippen LogP contribution in [0, 0.1) is 6.92 Å². The summed E-state index contributed by atoms with van der Waals surface area (Å²) in [7, 11) is 0. The lowest BCUT2D eigenvalue weighted by atomic mass is 10.1. The molecule has 2 heterocycles. The number of rotatable bonds is 5. The zero-order chi connectivity index (χ0) is 18.1. The number of primary amides is 1. The third-order valence-electron chi connectivity index (χ3n) is 4.30. The molecule has 4 rings (SSSR count). The van der Waals surface area contributed by atoms with Crippen molar-refractivity contribution < 1.29 is 9.53 Å². The monoisotopic (exact) mass is 363 g/mol. The van der Waals surface area contributed by atoms with E-state index in [1.807, 2.05) is 65.4 Å². The largest absolute Gasteiger partial charge is 0.485 e. The average Bonchev–Trinajstić information content (AvgIpc) is 3.24. The highest BCUT2D eigenvalue weighted by molar-refractivity contribution is 7.12. The van der Waals surface area contributed by atoms with Crippen molar-refractivity contribution in [1.29, 1.82) is 0 Å². The Morgan fingerprint density at radius 2 is 1.96 bits per heavy atom. The molecule has 5 nitrogen and oxygen atoms in total. The summed E-state index contributed by atoms with van der Waals surface area (Å²) in [5, 5.41) is 1.88. The number of fused-ring (bicyclic) bond motifs is 1. The van der Waals surface area contributed by atoms with Crippen molar-refractivity contribution in [2.24, 2.45) is 5.73 Å². The molecular weight excluding hydrogens is 346 g/mol. The van der Waals surface area contributed by atoms with Crippen LogP contribution >= 0.6 is 11.3 Å². The van der Waals surface area contributed by atoms with E-state index in [1.54, 1.807) is 6.33 Å². The molecule has 6 heteroatoms. The highest BCUT2D eigenvalue weighted by Crippen LogP contribution is 2.36. The lowest BCUT2D eigenvalue weighted by Crippen LogP contribution is -2.11. The molecule has 0 bridgehead atoms. The number of hydrogen-bond donors (Lipinski definition) is 1. The molecule has 0 saturated heterocycles. The minimum atomic E-state index is -0.495. The molecule has 1 amide bonds. The number of nitrogens with zero attached hydrogens (tertiary/aromatic N) is 2. The van der Waals surface area contributed by atoms with Crippen molar-refractivity contribution in [3.05, 3.63) is 76.2 Å². The summed E-state index contributed by atoms with van der Waals surface area (Å²) < 4.78 is 7.99. The van der Waals surface area contributed by atoms with Gasteiger partial charge in [0.25, 0.3) is 5.91 Å². The molecule has 0 radical (unpaired) electrons. The fraction of sp³-hybridized carbons (Fsp3) is 0.100. The smallest absolute Gasteiger partial charge is 0.262 e. The van der Waals surface area contributed by atoms with Crippen LogP contribution in [0.25, 0.3) is 16.7 Å². The van der Waals surface area contributed by atoms with Crippen molar-refractivity contribution in [1.82, 2.24) is 9.55 Å². The maximum absolute atomic E-state index is 11.9. The molecule has 0 atom stereocenters. The van der Waals surface area contributed by atoms with E-state index in [0.717, 1.165) is 27.8 Å². The average molecular weight is 363 g/mol. The molecule has 2 aromatic heterocycles. The maximum Gasteiger partial charge on any atom is 0.262 e. The zero-order valence-corrected chi connectivity index (χ0v) is 15.0. The predicted molar refractivity (Wildman–Crippen MR) is 103 cm³/mol. The van der Waals surface area contributed by atoms with E-state index in [2.05, 4.69) is 4.98 Å². The normalized spacial score (nSPS) is 11.0. The van der Waals surface area contributed by atoms with Crippen LogP contribution in [-0.2, 0) is 6.61 Å². The Labute approximate surface area is 154 Å². The van der Waals surface area contributed by atoms with Gasteiger partial charge in [-0.1, -0.05) is 36.4 Å². The van der Waals surface area contributed by atoms with Gasteiger partial charge in [0.2, 0.25) is 0 Å². The van der Waals surface area contributed by atoms with Gasteiger partial charge in [-0.25, -0.2) is 4.98 Å². The van der Waals surface area contributed by atoms with Gasteiger partial charge in [0, 0.05) is 5.38 Å². The van der Waals surface area contributed by atoms with E-state index in [4.69, 9.17) is 10.5 Å². The van der Waals surface area contributed by atoms with Crippen LogP contribution in [0.1, 0.15) is 20.8 Å². The summed E-state index contributed by atoms with van der Waals surface area (Å²) in [5.74, 6) is -0.000592. The van der Waals surface area contributed by atoms with Crippen LogP contribution in [0.15, 0.2) is 60.2 Å². The number of hydrogen-bond acceptors (Lipinski definition) is 4. The molecule has 4 aromatic rings. The first-order valence-corrected chi connectivity index (χ1v) is 9.04. The summed E-state index contributed by atoms with van der Waals surface area (Å²) in [6.07, 6.45) is 1.73. The van der Waals surface area contributed by atoms with E-state index in [9.17, 15) is 4.79 Å². The van der Waals surface area contributed by atoms with Gasteiger partial charge >= 0.3 is 0 Å². The van der Waals surface area contributed by atoms with Gasteiger partial charge in [0.15, 0.2) is 5.75 Å². The third-order valence-corrected chi connectivity index (χ3v) is 5.26. The van der Waals surface area contributed by atoms with Gasteiger partial charge in [-0.2, -0.15) is 0 Å². The molecule has 0 aliphatic rings. The predicted octanol–water partition coefficient (Wildman–Crippen LogP) is 4.07. The van der Waals surface area contributed by atoms with Gasteiger partial charge < -0.3 is 10.5 Å². The van der Waals surface area contributed by atoms with Gasteiger partial charge in [-0.3, -0.25) is 9.36 Å². The first-order chi connectivity index (χ1) is 12.6. The number of ether oxygens (including phenoxy) is 1. The molecule has 130 valence electrons. The molecule has 0 aliphatic carbocycles. The van der Waals surface area contributed by atoms with Gasteiger partial charge in [-0.15, -0.1) is 11.3 Å². The molecule has 0 spiro atoms. The molecule has 0 unspecified atom stereocenters. The minimum absolute atomic E-state index is 0.364. The van der Waals surface area contributed by atoms with Crippen LogP contribution in [0.3, 0.4) is 0 Å². The van der Waals surface area contributed by atoms with Crippen LogP contribution in [0.4, 0.5) is 0 Å². The Morgan fingerprint density at radius 3 is 2.77 bits per heavy atom. The Kier molecular flexibility index (Phi) is 4.18. The summed E-state index contributed by atoms with van der Waals surface area (Å²) in [5.41, 5.74) is 10.4. The number of imidazole rings is 1. The minimum Gasteiger partial charge on any atom is -0.485 e. The first-order valence-electron chi connectivity index (χ1n) is 8.16. The number of nitrogens with two attached hydrogens (primary N) is 1. The quantitative estimate of drug-likeness (QED) is 0.581. The molecule has 0 aliphatic heterocycles. The molecule has 2 aromatic carbocycles. The van der Waals surface area contributed by atoms with Crippen LogP contribution in [-0.4, -0.2) is 15.5 Å². The van der Waals surface area contributed by atoms with Crippen molar-refractivity contribution >= 4 is 28.3 Å². The second-order valence-corrected chi connectivity index (χ2v) is 6.84. The topological polar surface area (TPSA) is 70.1 Å². The van der Waals surface area contributed by atoms with Crippen molar-refractivity contribution in [3.8, 4) is 11.4 Å². The summed E-state index contributed by atoms with van der Waals surface area (Å²) in [4.78, 5) is 16.7. The highest BCUT2D eigenvalue weighted by atomic mass is 32.1. The zero-order valence-electron chi connectivity index (χ0n) is 14.2. The summed E-state index contributed by atoms with van der Waals surface area (Å²) in [6, 6.07) is 15.8. The Hall–Kier alpha value is -3.12. The van der Waals surface area contributed by atoms with E-state index >= 15 is 0 Å². The van der Waals surface area contributed by atoms with E-state index < -0.39 is 5.91 Å². The lowest BCUT2D eigenvalue weighted by molar-refractivity contribution is 0.1000. The van der Waals surface area contributed by atoms with Gasteiger partial charge in [0.05, 0.1) is 11.0 Å². The molecule has 26 heavy (non-hydrogen) atoms. The van der Waals surface area contributed by atoms with Crippen LogP contribution in [0.2, 0.25) is 0 Å².